The first kappa shape index (κ1) is 20.6. The number of likely N-dealkylation sites (tertiary alicyclic amines) is 1. The van der Waals surface area contributed by atoms with Crippen molar-refractivity contribution in [2.45, 2.75) is 38.8 Å². The van der Waals surface area contributed by atoms with Crippen LogP contribution in [0.3, 0.4) is 0 Å². The molecular formula is C25H30FN3O. The number of fused-ring (bicyclic) bond motifs is 1. The maximum atomic E-state index is 13.7. The third-order valence-corrected chi connectivity index (χ3v) is 6.19. The average molecular weight is 408 g/mol. The van der Waals surface area contributed by atoms with Crippen molar-refractivity contribution in [1.29, 1.82) is 0 Å². The number of carbonyl (C=O) groups is 1. The Bertz CT molecular complexity index is 1010. The van der Waals surface area contributed by atoms with Crippen LogP contribution in [0.2, 0.25) is 0 Å². The molecule has 1 saturated heterocycles. The smallest absolute Gasteiger partial charge is 0.220 e. The van der Waals surface area contributed by atoms with E-state index < -0.39 is 0 Å². The van der Waals surface area contributed by atoms with E-state index in [9.17, 15) is 9.18 Å². The number of piperidine rings is 1. The summed E-state index contributed by atoms with van der Waals surface area (Å²) in [6.45, 7) is 3.35. The lowest BCUT2D eigenvalue weighted by atomic mass is 9.93. The van der Waals surface area contributed by atoms with Gasteiger partial charge in [0.05, 0.1) is 0 Å². The van der Waals surface area contributed by atoms with Crippen LogP contribution in [0.5, 0.6) is 0 Å². The molecule has 1 fully saturated rings. The fourth-order valence-corrected chi connectivity index (χ4v) is 4.58. The number of aromatic nitrogens is 1. The first-order valence-corrected chi connectivity index (χ1v) is 10.9. The normalized spacial score (nSPS) is 17.3. The highest BCUT2D eigenvalue weighted by molar-refractivity contribution is 5.83. The fraction of sp³-hybridized carbons (Fsp3) is 0.400. The van der Waals surface area contributed by atoms with E-state index in [1.54, 1.807) is 18.2 Å². The van der Waals surface area contributed by atoms with Crippen molar-refractivity contribution in [3.63, 3.8) is 0 Å². The topological polar surface area (TPSA) is 37.3 Å². The number of para-hydroxylation sites is 1. The molecule has 0 bridgehead atoms. The molecule has 1 unspecified atom stereocenters. The molecule has 5 heteroatoms. The van der Waals surface area contributed by atoms with E-state index in [-0.39, 0.29) is 18.3 Å². The van der Waals surface area contributed by atoms with Gasteiger partial charge in [-0.15, -0.1) is 0 Å². The SMILES string of the molecule is Cn1cc(CN2CCCC(CCC(=O)NCc3ccccc3F)C2)c2ccccc21. The van der Waals surface area contributed by atoms with Crippen LogP contribution in [-0.2, 0) is 24.9 Å². The van der Waals surface area contributed by atoms with E-state index >= 15 is 0 Å². The highest BCUT2D eigenvalue weighted by atomic mass is 19.1. The van der Waals surface area contributed by atoms with Crippen LogP contribution in [0, 0.1) is 11.7 Å². The lowest BCUT2D eigenvalue weighted by Gasteiger charge is -2.32. The molecule has 1 aliphatic heterocycles. The molecule has 30 heavy (non-hydrogen) atoms. The van der Waals surface area contributed by atoms with Crippen LogP contribution in [-0.4, -0.2) is 28.5 Å². The molecule has 0 saturated carbocycles. The van der Waals surface area contributed by atoms with Crippen molar-refractivity contribution < 1.29 is 9.18 Å². The summed E-state index contributed by atoms with van der Waals surface area (Å²) in [5.74, 6) is 0.270. The summed E-state index contributed by atoms with van der Waals surface area (Å²) in [6, 6.07) is 15.1. The molecule has 0 aliphatic carbocycles. The minimum absolute atomic E-state index is 0.00410. The molecule has 3 aromatic rings. The van der Waals surface area contributed by atoms with Crippen molar-refractivity contribution in [3.05, 3.63) is 71.7 Å². The van der Waals surface area contributed by atoms with Gasteiger partial charge < -0.3 is 9.88 Å². The fourth-order valence-electron chi connectivity index (χ4n) is 4.58. The zero-order valence-corrected chi connectivity index (χ0v) is 17.6. The summed E-state index contributed by atoms with van der Waals surface area (Å²) in [4.78, 5) is 14.8. The second kappa shape index (κ2) is 9.43. The summed E-state index contributed by atoms with van der Waals surface area (Å²) >= 11 is 0. The quantitative estimate of drug-likeness (QED) is 0.620. The zero-order chi connectivity index (χ0) is 20.9. The van der Waals surface area contributed by atoms with E-state index in [0.29, 0.717) is 17.9 Å². The lowest BCUT2D eigenvalue weighted by Crippen LogP contribution is -2.35. The van der Waals surface area contributed by atoms with Gasteiger partial charge >= 0.3 is 0 Å². The van der Waals surface area contributed by atoms with Crippen LogP contribution in [0.1, 0.15) is 36.8 Å². The monoisotopic (exact) mass is 407 g/mol. The molecule has 4 rings (SSSR count). The first-order chi connectivity index (χ1) is 14.6. The summed E-state index contributed by atoms with van der Waals surface area (Å²) in [7, 11) is 2.10. The number of rotatable bonds is 7. The maximum absolute atomic E-state index is 13.7. The molecule has 158 valence electrons. The number of carbonyl (C=O) groups excluding carboxylic acids is 1. The highest BCUT2D eigenvalue weighted by Gasteiger charge is 2.21. The van der Waals surface area contributed by atoms with Crippen LogP contribution in [0.25, 0.3) is 10.9 Å². The predicted octanol–water partition coefficient (Wildman–Crippen LogP) is 4.63. The van der Waals surface area contributed by atoms with Gasteiger partial charge in [-0.3, -0.25) is 9.69 Å². The third-order valence-electron chi connectivity index (χ3n) is 6.19. The number of hydrogen-bond donors (Lipinski definition) is 1. The minimum atomic E-state index is -0.269. The Morgan fingerprint density at radius 1 is 1.13 bits per heavy atom. The molecule has 2 heterocycles. The molecule has 1 aromatic heterocycles. The molecule has 1 amide bonds. The minimum Gasteiger partial charge on any atom is -0.352 e. The Labute approximate surface area is 177 Å². The molecule has 1 atom stereocenters. The Hall–Kier alpha value is -2.66. The van der Waals surface area contributed by atoms with Gasteiger partial charge in [0.1, 0.15) is 5.82 Å². The zero-order valence-electron chi connectivity index (χ0n) is 17.6. The van der Waals surface area contributed by atoms with Gasteiger partial charge in [0.2, 0.25) is 5.91 Å². The van der Waals surface area contributed by atoms with Crippen molar-refractivity contribution in [2.75, 3.05) is 13.1 Å². The summed E-state index contributed by atoms with van der Waals surface area (Å²) in [6.07, 6.45) is 5.97. The standard InChI is InChI=1S/C25H30FN3O/c1-28-17-21(22-9-3-5-11-24(22)28)18-29-14-6-7-19(16-29)12-13-25(30)27-15-20-8-2-4-10-23(20)26/h2-5,8-11,17,19H,6-7,12-16,18H2,1H3,(H,27,30). The van der Waals surface area contributed by atoms with E-state index in [0.717, 1.165) is 26.1 Å². The maximum Gasteiger partial charge on any atom is 0.220 e. The van der Waals surface area contributed by atoms with Gasteiger partial charge in [-0.1, -0.05) is 36.4 Å². The highest BCUT2D eigenvalue weighted by Crippen LogP contribution is 2.26. The first-order valence-electron chi connectivity index (χ1n) is 10.9. The summed E-state index contributed by atoms with van der Waals surface area (Å²) in [5, 5.41) is 4.19. The van der Waals surface area contributed by atoms with E-state index in [1.807, 2.05) is 0 Å². The second-order valence-electron chi connectivity index (χ2n) is 8.43. The van der Waals surface area contributed by atoms with Crippen LogP contribution in [0.4, 0.5) is 4.39 Å². The number of amides is 1. The Morgan fingerprint density at radius 3 is 2.80 bits per heavy atom. The Morgan fingerprint density at radius 2 is 1.93 bits per heavy atom. The van der Waals surface area contributed by atoms with Gasteiger partial charge in [0.15, 0.2) is 0 Å². The summed E-state index contributed by atoms with van der Waals surface area (Å²) < 4.78 is 15.9. The Balaban J connectivity index is 1.27. The average Bonchev–Trinajstić information content (AvgIpc) is 3.07. The van der Waals surface area contributed by atoms with Gasteiger partial charge in [0.25, 0.3) is 0 Å². The van der Waals surface area contributed by atoms with E-state index in [2.05, 4.69) is 52.3 Å². The number of benzene rings is 2. The third kappa shape index (κ3) is 4.90. The second-order valence-corrected chi connectivity index (χ2v) is 8.43. The van der Waals surface area contributed by atoms with Crippen LogP contribution >= 0.6 is 0 Å². The number of aryl methyl sites for hydroxylation is 1. The molecule has 1 N–H and O–H groups in total. The van der Waals surface area contributed by atoms with Crippen molar-refractivity contribution in [2.24, 2.45) is 13.0 Å². The number of halogens is 1. The molecule has 4 nitrogen and oxygen atoms in total. The number of hydrogen-bond acceptors (Lipinski definition) is 2. The molecule has 1 aliphatic rings. The van der Waals surface area contributed by atoms with Crippen molar-refractivity contribution in [1.82, 2.24) is 14.8 Å². The number of nitrogens with zero attached hydrogens (tertiary/aromatic N) is 2. The van der Waals surface area contributed by atoms with Crippen LogP contribution < -0.4 is 5.32 Å². The molecule has 2 aromatic carbocycles. The van der Waals surface area contributed by atoms with E-state index in [4.69, 9.17) is 0 Å². The largest absolute Gasteiger partial charge is 0.352 e. The number of nitrogens with one attached hydrogen (secondary N) is 1. The van der Waals surface area contributed by atoms with Crippen LogP contribution in [0.15, 0.2) is 54.7 Å². The van der Waals surface area contributed by atoms with E-state index in [1.165, 1.54) is 35.4 Å². The summed E-state index contributed by atoms with van der Waals surface area (Å²) in [5.41, 5.74) is 3.17. The Kier molecular flexibility index (Phi) is 6.48. The molecule has 0 radical (unpaired) electrons. The van der Waals surface area contributed by atoms with Gasteiger partial charge in [0, 0.05) is 55.8 Å². The molecule has 0 spiro atoms. The van der Waals surface area contributed by atoms with Gasteiger partial charge in [-0.2, -0.15) is 0 Å². The van der Waals surface area contributed by atoms with Gasteiger partial charge in [-0.05, 0) is 49.4 Å². The molecular weight excluding hydrogens is 377 g/mol. The predicted molar refractivity (Wildman–Crippen MR) is 118 cm³/mol. The van der Waals surface area contributed by atoms with Gasteiger partial charge in [-0.25, -0.2) is 4.39 Å². The van der Waals surface area contributed by atoms with Crippen molar-refractivity contribution >= 4 is 16.8 Å². The lowest BCUT2D eigenvalue weighted by molar-refractivity contribution is -0.121. The van der Waals surface area contributed by atoms with Crippen molar-refractivity contribution in [3.8, 4) is 0 Å².